The minimum absolute atomic E-state index is 0.234. The van der Waals surface area contributed by atoms with E-state index in [0.29, 0.717) is 5.78 Å². The Hall–Kier alpha value is -3.29. The molecule has 1 aromatic carbocycles. The lowest BCUT2D eigenvalue weighted by Gasteiger charge is -2.19. The van der Waals surface area contributed by atoms with Gasteiger partial charge in [-0.1, -0.05) is 0 Å². The standard InChI is InChI=1S/C20H22FN7/c1-14-11-19(28-20(24-14)22-13-23-28)26(2)10-4-5-17-12-18(27(3)25-17)15-6-8-16(21)9-7-15/h6-9,11-13H,4-5,10H2,1-3H3. The van der Waals surface area contributed by atoms with Gasteiger partial charge in [-0.25, -0.2) is 9.37 Å². The van der Waals surface area contributed by atoms with E-state index in [2.05, 4.69) is 31.1 Å². The first-order valence-corrected chi connectivity index (χ1v) is 9.18. The largest absolute Gasteiger partial charge is 0.359 e. The molecule has 0 amide bonds. The molecule has 0 saturated heterocycles. The number of hydrogen-bond acceptors (Lipinski definition) is 5. The highest BCUT2D eigenvalue weighted by Crippen LogP contribution is 2.21. The van der Waals surface area contributed by atoms with Crippen LogP contribution in [0.5, 0.6) is 0 Å². The van der Waals surface area contributed by atoms with Gasteiger partial charge >= 0.3 is 0 Å². The van der Waals surface area contributed by atoms with Crippen LogP contribution in [0.25, 0.3) is 17.0 Å². The normalized spacial score (nSPS) is 11.3. The van der Waals surface area contributed by atoms with Crippen LogP contribution in [0.15, 0.2) is 42.7 Å². The first-order valence-electron chi connectivity index (χ1n) is 9.18. The number of rotatable bonds is 6. The Morgan fingerprint density at radius 1 is 1.14 bits per heavy atom. The fourth-order valence-electron chi connectivity index (χ4n) is 3.33. The molecular weight excluding hydrogens is 357 g/mol. The van der Waals surface area contributed by atoms with Crippen LogP contribution in [-0.2, 0) is 13.5 Å². The van der Waals surface area contributed by atoms with Gasteiger partial charge in [-0.15, -0.1) is 0 Å². The third-order valence-electron chi connectivity index (χ3n) is 4.75. The molecule has 144 valence electrons. The molecular formula is C20H22FN7. The zero-order valence-corrected chi connectivity index (χ0v) is 16.2. The molecule has 0 unspecified atom stereocenters. The monoisotopic (exact) mass is 379 g/mol. The minimum atomic E-state index is -0.234. The van der Waals surface area contributed by atoms with Gasteiger partial charge in [0.25, 0.3) is 5.78 Å². The van der Waals surface area contributed by atoms with E-state index in [1.54, 1.807) is 16.6 Å². The van der Waals surface area contributed by atoms with E-state index in [0.717, 1.165) is 47.8 Å². The summed E-state index contributed by atoms with van der Waals surface area (Å²) in [4.78, 5) is 10.7. The van der Waals surface area contributed by atoms with Crippen molar-refractivity contribution in [2.24, 2.45) is 7.05 Å². The second-order valence-corrected chi connectivity index (χ2v) is 6.90. The van der Waals surface area contributed by atoms with E-state index in [-0.39, 0.29) is 5.82 Å². The first-order chi connectivity index (χ1) is 13.5. The summed E-state index contributed by atoms with van der Waals surface area (Å²) in [7, 11) is 3.95. The van der Waals surface area contributed by atoms with Gasteiger partial charge in [0.15, 0.2) is 0 Å². The summed E-state index contributed by atoms with van der Waals surface area (Å²) in [5, 5.41) is 8.86. The molecule has 4 rings (SSSR count). The van der Waals surface area contributed by atoms with E-state index in [1.807, 2.05) is 31.8 Å². The van der Waals surface area contributed by atoms with Crippen molar-refractivity contribution in [2.75, 3.05) is 18.5 Å². The van der Waals surface area contributed by atoms with E-state index in [1.165, 1.54) is 18.5 Å². The molecule has 0 spiro atoms. The van der Waals surface area contributed by atoms with Crippen LogP contribution in [-0.4, -0.2) is 43.0 Å². The van der Waals surface area contributed by atoms with Gasteiger partial charge in [-0.2, -0.15) is 19.7 Å². The van der Waals surface area contributed by atoms with Gasteiger partial charge in [0, 0.05) is 32.4 Å². The molecule has 0 fully saturated rings. The number of aromatic nitrogens is 6. The highest BCUT2D eigenvalue weighted by atomic mass is 19.1. The average Bonchev–Trinajstić information content (AvgIpc) is 3.28. The zero-order chi connectivity index (χ0) is 19.7. The van der Waals surface area contributed by atoms with Gasteiger partial charge < -0.3 is 4.90 Å². The summed E-state index contributed by atoms with van der Waals surface area (Å²) in [6, 6.07) is 10.6. The summed E-state index contributed by atoms with van der Waals surface area (Å²) in [5.41, 5.74) is 3.88. The van der Waals surface area contributed by atoms with Crippen molar-refractivity contribution < 1.29 is 4.39 Å². The summed E-state index contributed by atoms with van der Waals surface area (Å²) in [6.07, 6.45) is 3.31. The predicted molar refractivity (Wildman–Crippen MR) is 106 cm³/mol. The SMILES string of the molecule is Cc1cc(N(C)CCCc2cc(-c3ccc(F)cc3)n(C)n2)n2ncnc2n1. The number of aryl methyl sites for hydroxylation is 3. The van der Waals surface area contributed by atoms with E-state index >= 15 is 0 Å². The highest BCUT2D eigenvalue weighted by molar-refractivity contribution is 5.59. The molecule has 0 radical (unpaired) electrons. The first kappa shape index (κ1) is 18.1. The summed E-state index contributed by atoms with van der Waals surface area (Å²) in [5.74, 6) is 1.34. The molecule has 3 heterocycles. The van der Waals surface area contributed by atoms with Crippen LogP contribution in [0.1, 0.15) is 17.8 Å². The molecule has 28 heavy (non-hydrogen) atoms. The number of hydrogen-bond donors (Lipinski definition) is 0. The van der Waals surface area contributed by atoms with Crippen LogP contribution < -0.4 is 4.90 Å². The maximum absolute atomic E-state index is 13.2. The van der Waals surface area contributed by atoms with Crippen molar-refractivity contribution >= 4 is 11.6 Å². The Balaban J connectivity index is 1.43. The van der Waals surface area contributed by atoms with Crippen molar-refractivity contribution in [3.8, 4) is 11.3 Å². The fourth-order valence-corrected chi connectivity index (χ4v) is 3.33. The van der Waals surface area contributed by atoms with Crippen molar-refractivity contribution in [3.05, 3.63) is 59.9 Å². The molecule has 4 aromatic rings. The molecule has 0 atom stereocenters. The average molecular weight is 379 g/mol. The number of halogens is 1. The second kappa shape index (κ2) is 7.38. The Morgan fingerprint density at radius 2 is 1.93 bits per heavy atom. The van der Waals surface area contributed by atoms with Crippen molar-refractivity contribution in [1.82, 2.24) is 29.4 Å². The summed E-state index contributed by atoms with van der Waals surface area (Å²) >= 11 is 0. The lowest BCUT2D eigenvalue weighted by Crippen LogP contribution is -2.22. The van der Waals surface area contributed by atoms with Crippen LogP contribution in [0.3, 0.4) is 0 Å². The molecule has 0 bridgehead atoms. The van der Waals surface area contributed by atoms with Crippen LogP contribution in [0.2, 0.25) is 0 Å². The molecule has 8 heteroatoms. The lowest BCUT2D eigenvalue weighted by atomic mass is 10.1. The Kier molecular flexibility index (Phi) is 4.77. The van der Waals surface area contributed by atoms with E-state index in [4.69, 9.17) is 0 Å². The number of benzene rings is 1. The molecule has 0 aliphatic carbocycles. The number of fused-ring (bicyclic) bond motifs is 1. The lowest BCUT2D eigenvalue weighted by molar-refractivity contribution is 0.628. The molecule has 0 saturated carbocycles. The number of nitrogens with zero attached hydrogens (tertiary/aromatic N) is 7. The Labute approximate surface area is 162 Å². The molecule has 0 N–H and O–H groups in total. The van der Waals surface area contributed by atoms with Gasteiger partial charge in [0.2, 0.25) is 0 Å². The maximum atomic E-state index is 13.2. The van der Waals surface area contributed by atoms with Gasteiger partial charge in [0.1, 0.15) is 18.0 Å². The molecule has 0 aliphatic heterocycles. The van der Waals surface area contributed by atoms with E-state index < -0.39 is 0 Å². The molecule has 7 nitrogen and oxygen atoms in total. The third-order valence-corrected chi connectivity index (χ3v) is 4.75. The fraction of sp³-hybridized carbons (Fsp3) is 0.300. The van der Waals surface area contributed by atoms with Crippen LogP contribution in [0, 0.1) is 12.7 Å². The van der Waals surface area contributed by atoms with Gasteiger partial charge in [-0.05, 0) is 55.7 Å². The number of anilines is 1. The Bertz CT molecular complexity index is 1100. The van der Waals surface area contributed by atoms with Crippen LogP contribution in [0.4, 0.5) is 10.2 Å². The van der Waals surface area contributed by atoms with E-state index in [9.17, 15) is 4.39 Å². The summed E-state index contributed by atoms with van der Waals surface area (Å²) in [6.45, 7) is 2.80. The van der Waals surface area contributed by atoms with Crippen LogP contribution >= 0.6 is 0 Å². The zero-order valence-electron chi connectivity index (χ0n) is 16.2. The molecule has 3 aromatic heterocycles. The second-order valence-electron chi connectivity index (χ2n) is 6.90. The maximum Gasteiger partial charge on any atom is 0.254 e. The Morgan fingerprint density at radius 3 is 2.71 bits per heavy atom. The quantitative estimate of drug-likeness (QED) is 0.515. The highest BCUT2D eigenvalue weighted by Gasteiger charge is 2.11. The smallest absolute Gasteiger partial charge is 0.254 e. The molecule has 0 aliphatic rings. The van der Waals surface area contributed by atoms with Gasteiger partial charge in [-0.3, -0.25) is 4.68 Å². The van der Waals surface area contributed by atoms with Crippen molar-refractivity contribution in [3.63, 3.8) is 0 Å². The van der Waals surface area contributed by atoms with Gasteiger partial charge in [0.05, 0.1) is 11.4 Å². The topological polar surface area (TPSA) is 64.1 Å². The minimum Gasteiger partial charge on any atom is -0.359 e. The summed E-state index contributed by atoms with van der Waals surface area (Å²) < 4.78 is 16.7. The predicted octanol–water partition coefficient (Wildman–Crippen LogP) is 3.04. The van der Waals surface area contributed by atoms with Crippen molar-refractivity contribution in [1.29, 1.82) is 0 Å². The van der Waals surface area contributed by atoms with Crippen molar-refractivity contribution in [2.45, 2.75) is 19.8 Å². The third kappa shape index (κ3) is 3.58.